The molecule has 0 aromatic heterocycles. The first-order valence-corrected chi connectivity index (χ1v) is 9.98. The SMILES string of the molecule is CCNC(=NCCNC(C)(C)C)NC1CCN(CC2CCCC2)C1. The van der Waals surface area contributed by atoms with Gasteiger partial charge in [-0.25, -0.2) is 0 Å². The van der Waals surface area contributed by atoms with Crippen molar-refractivity contribution in [2.45, 2.75) is 71.4 Å². The minimum atomic E-state index is 0.160. The van der Waals surface area contributed by atoms with E-state index in [2.05, 4.69) is 48.5 Å². The van der Waals surface area contributed by atoms with Gasteiger partial charge in [0.1, 0.15) is 0 Å². The van der Waals surface area contributed by atoms with Crippen molar-refractivity contribution >= 4 is 5.96 Å². The zero-order valence-corrected chi connectivity index (χ0v) is 16.3. The molecular formula is C19H39N5. The Morgan fingerprint density at radius 1 is 1.17 bits per heavy atom. The number of nitrogens with one attached hydrogen (secondary N) is 3. The van der Waals surface area contributed by atoms with Gasteiger partial charge in [0.05, 0.1) is 6.54 Å². The summed E-state index contributed by atoms with van der Waals surface area (Å²) in [4.78, 5) is 7.37. The summed E-state index contributed by atoms with van der Waals surface area (Å²) < 4.78 is 0. The largest absolute Gasteiger partial charge is 0.357 e. The van der Waals surface area contributed by atoms with E-state index in [1.54, 1.807) is 0 Å². The van der Waals surface area contributed by atoms with Crippen LogP contribution in [-0.2, 0) is 0 Å². The molecule has 1 atom stereocenters. The maximum absolute atomic E-state index is 4.72. The van der Waals surface area contributed by atoms with E-state index in [0.29, 0.717) is 6.04 Å². The summed E-state index contributed by atoms with van der Waals surface area (Å²) >= 11 is 0. The molecule has 0 radical (unpaired) electrons. The molecule has 2 aliphatic rings. The maximum atomic E-state index is 4.72. The van der Waals surface area contributed by atoms with Crippen LogP contribution in [0.2, 0.25) is 0 Å². The predicted octanol–water partition coefficient (Wildman–Crippen LogP) is 2.19. The standard InChI is InChI=1S/C19H39N5/c1-5-20-18(21-11-12-22-19(2,3)4)23-17-10-13-24(15-17)14-16-8-6-7-9-16/h16-17,22H,5-15H2,1-4H3,(H2,20,21,23). The second-order valence-electron chi connectivity index (χ2n) is 8.48. The van der Waals surface area contributed by atoms with E-state index in [1.165, 1.54) is 51.7 Å². The fourth-order valence-electron chi connectivity index (χ4n) is 3.79. The maximum Gasteiger partial charge on any atom is 0.191 e. The summed E-state index contributed by atoms with van der Waals surface area (Å²) in [6, 6.07) is 0.541. The van der Waals surface area contributed by atoms with Gasteiger partial charge in [0, 0.05) is 44.3 Å². The van der Waals surface area contributed by atoms with E-state index in [0.717, 1.165) is 31.5 Å². The highest BCUT2D eigenvalue weighted by Gasteiger charge is 2.26. The quantitative estimate of drug-likeness (QED) is 0.379. The van der Waals surface area contributed by atoms with Crippen LogP contribution in [0.15, 0.2) is 4.99 Å². The Bertz CT molecular complexity index is 382. The van der Waals surface area contributed by atoms with Gasteiger partial charge in [-0.05, 0) is 52.9 Å². The molecule has 1 saturated carbocycles. The Morgan fingerprint density at radius 3 is 2.58 bits per heavy atom. The molecule has 0 spiro atoms. The van der Waals surface area contributed by atoms with Crippen LogP contribution in [0.1, 0.15) is 59.8 Å². The lowest BCUT2D eigenvalue weighted by atomic mass is 10.1. The molecule has 5 nitrogen and oxygen atoms in total. The van der Waals surface area contributed by atoms with Gasteiger partial charge in [-0.2, -0.15) is 0 Å². The van der Waals surface area contributed by atoms with Crippen molar-refractivity contribution in [1.82, 2.24) is 20.9 Å². The van der Waals surface area contributed by atoms with Crippen molar-refractivity contribution in [2.75, 3.05) is 39.3 Å². The average Bonchev–Trinajstić information content (AvgIpc) is 3.15. The van der Waals surface area contributed by atoms with Crippen molar-refractivity contribution in [3.8, 4) is 0 Å². The molecule has 0 amide bonds. The molecular weight excluding hydrogens is 298 g/mol. The van der Waals surface area contributed by atoms with E-state index < -0.39 is 0 Å². The van der Waals surface area contributed by atoms with Gasteiger partial charge in [-0.1, -0.05) is 12.8 Å². The van der Waals surface area contributed by atoms with Gasteiger partial charge in [-0.3, -0.25) is 4.99 Å². The fraction of sp³-hybridized carbons (Fsp3) is 0.947. The molecule has 1 heterocycles. The summed E-state index contributed by atoms with van der Waals surface area (Å²) in [6.07, 6.45) is 7.01. The molecule has 2 fully saturated rings. The molecule has 3 N–H and O–H groups in total. The lowest BCUT2D eigenvalue weighted by molar-refractivity contribution is 0.275. The third-order valence-corrected chi connectivity index (χ3v) is 4.99. The molecule has 1 aliphatic heterocycles. The number of rotatable bonds is 7. The first kappa shape index (κ1) is 19.5. The number of nitrogens with zero attached hydrogens (tertiary/aromatic N) is 2. The van der Waals surface area contributed by atoms with E-state index in [-0.39, 0.29) is 5.54 Å². The lowest BCUT2D eigenvalue weighted by Gasteiger charge is -2.22. The van der Waals surface area contributed by atoms with Crippen molar-refractivity contribution in [1.29, 1.82) is 0 Å². The van der Waals surface area contributed by atoms with Crippen molar-refractivity contribution in [3.63, 3.8) is 0 Å². The molecule has 0 aromatic rings. The Labute approximate surface area is 149 Å². The van der Waals surface area contributed by atoms with Gasteiger partial charge < -0.3 is 20.9 Å². The Hall–Kier alpha value is -0.810. The van der Waals surface area contributed by atoms with Crippen LogP contribution in [-0.4, -0.2) is 61.7 Å². The molecule has 2 rings (SSSR count). The molecule has 0 bridgehead atoms. The van der Waals surface area contributed by atoms with Crippen LogP contribution >= 0.6 is 0 Å². The van der Waals surface area contributed by atoms with Crippen LogP contribution in [0.4, 0.5) is 0 Å². The minimum Gasteiger partial charge on any atom is -0.357 e. The Balaban J connectivity index is 1.71. The lowest BCUT2D eigenvalue weighted by Crippen LogP contribution is -2.45. The zero-order valence-electron chi connectivity index (χ0n) is 16.3. The highest BCUT2D eigenvalue weighted by molar-refractivity contribution is 5.80. The van der Waals surface area contributed by atoms with Gasteiger partial charge in [0.25, 0.3) is 0 Å². The number of guanidine groups is 1. The Kier molecular flexibility index (Phi) is 7.82. The third-order valence-electron chi connectivity index (χ3n) is 4.99. The second kappa shape index (κ2) is 9.62. The van der Waals surface area contributed by atoms with Gasteiger partial charge >= 0.3 is 0 Å². The first-order valence-electron chi connectivity index (χ1n) is 9.98. The summed E-state index contributed by atoms with van der Waals surface area (Å²) in [5, 5.41) is 10.5. The average molecular weight is 338 g/mol. The molecule has 0 aromatic carbocycles. The van der Waals surface area contributed by atoms with Crippen molar-refractivity contribution in [2.24, 2.45) is 10.9 Å². The minimum absolute atomic E-state index is 0.160. The van der Waals surface area contributed by atoms with Gasteiger partial charge in [0.15, 0.2) is 5.96 Å². The van der Waals surface area contributed by atoms with E-state index in [9.17, 15) is 0 Å². The smallest absolute Gasteiger partial charge is 0.191 e. The Morgan fingerprint density at radius 2 is 1.92 bits per heavy atom. The highest BCUT2D eigenvalue weighted by atomic mass is 15.2. The summed E-state index contributed by atoms with van der Waals surface area (Å²) in [6.45, 7) is 15.1. The normalized spacial score (nSPS) is 23.8. The van der Waals surface area contributed by atoms with Gasteiger partial charge in [-0.15, -0.1) is 0 Å². The van der Waals surface area contributed by atoms with Crippen LogP contribution in [0.5, 0.6) is 0 Å². The number of aliphatic imine (C=N–C) groups is 1. The van der Waals surface area contributed by atoms with E-state index in [1.807, 2.05) is 0 Å². The highest BCUT2D eigenvalue weighted by Crippen LogP contribution is 2.26. The van der Waals surface area contributed by atoms with Crippen molar-refractivity contribution < 1.29 is 0 Å². The second-order valence-corrected chi connectivity index (χ2v) is 8.48. The molecule has 1 aliphatic carbocycles. The number of hydrogen-bond acceptors (Lipinski definition) is 3. The number of hydrogen-bond donors (Lipinski definition) is 3. The summed E-state index contributed by atoms with van der Waals surface area (Å²) in [7, 11) is 0. The molecule has 1 unspecified atom stereocenters. The topological polar surface area (TPSA) is 51.7 Å². The van der Waals surface area contributed by atoms with Crippen molar-refractivity contribution in [3.05, 3.63) is 0 Å². The van der Waals surface area contributed by atoms with Crippen LogP contribution < -0.4 is 16.0 Å². The number of likely N-dealkylation sites (tertiary alicyclic amines) is 1. The summed E-state index contributed by atoms with van der Waals surface area (Å²) in [5.41, 5.74) is 0.160. The van der Waals surface area contributed by atoms with E-state index >= 15 is 0 Å². The van der Waals surface area contributed by atoms with Gasteiger partial charge in [0.2, 0.25) is 0 Å². The predicted molar refractivity (Wildman–Crippen MR) is 104 cm³/mol. The molecule has 1 saturated heterocycles. The monoisotopic (exact) mass is 337 g/mol. The van der Waals surface area contributed by atoms with Crippen LogP contribution in [0.25, 0.3) is 0 Å². The fourth-order valence-corrected chi connectivity index (χ4v) is 3.79. The molecule has 5 heteroatoms. The molecule has 140 valence electrons. The molecule has 24 heavy (non-hydrogen) atoms. The first-order chi connectivity index (χ1) is 11.5. The van der Waals surface area contributed by atoms with E-state index in [4.69, 9.17) is 4.99 Å². The zero-order chi connectivity index (χ0) is 17.4. The summed E-state index contributed by atoms with van der Waals surface area (Å²) in [5.74, 6) is 1.93. The van der Waals surface area contributed by atoms with Crippen LogP contribution in [0.3, 0.4) is 0 Å². The van der Waals surface area contributed by atoms with Crippen LogP contribution in [0, 0.1) is 5.92 Å². The third kappa shape index (κ3) is 7.39.